The molecule has 0 heterocycles. The van der Waals surface area contributed by atoms with E-state index in [0.717, 1.165) is 5.56 Å². The molecule has 0 spiro atoms. The highest BCUT2D eigenvalue weighted by Gasteiger charge is 2.01. The van der Waals surface area contributed by atoms with E-state index in [2.05, 4.69) is 5.32 Å². The largest absolute Gasteiger partial charge is 0.382 e. The Morgan fingerprint density at radius 1 is 1.57 bits per heavy atom. The minimum atomic E-state index is -0.398. The second-order valence-corrected chi connectivity index (χ2v) is 3.13. The summed E-state index contributed by atoms with van der Waals surface area (Å²) in [5.74, 6) is -0.709. The average Bonchev–Trinajstić information content (AvgIpc) is 2.08. The first-order chi connectivity index (χ1) is 6.59. The van der Waals surface area contributed by atoms with Crippen LogP contribution in [0.1, 0.15) is 12.0 Å². The molecule has 0 aliphatic carbocycles. The van der Waals surface area contributed by atoms with E-state index in [4.69, 9.17) is 5.73 Å². The van der Waals surface area contributed by atoms with Crippen molar-refractivity contribution in [3.63, 3.8) is 0 Å². The van der Waals surface area contributed by atoms with Crippen LogP contribution in [-0.4, -0.2) is 12.5 Å². The summed E-state index contributed by atoms with van der Waals surface area (Å²) < 4.78 is 13.2. The number of halogens is 1. The highest BCUT2D eigenvalue weighted by Crippen LogP contribution is 2.14. The molecule has 14 heavy (non-hydrogen) atoms. The summed E-state index contributed by atoms with van der Waals surface area (Å²) in [4.78, 5) is 10.4. The molecule has 0 atom stereocenters. The minimum Gasteiger partial charge on any atom is -0.382 e. The van der Waals surface area contributed by atoms with E-state index in [0.29, 0.717) is 12.2 Å². The van der Waals surface area contributed by atoms with Crippen molar-refractivity contribution in [1.29, 1.82) is 0 Å². The Morgan fingerprint density at radius 3 is 2.86 bits per heavy atom. The van der Waals surface area contributed by atoms with Crippen LogP contribution in [0, 0.1) is 12.7 Å². The maximum atomic E-state index is 13.2. The molecule has 76 valence electrons. The van der Waals surface area contributed by atoms with Crippen LogP contribution in [0.5, 0.6) is 0 Å². The smallest absolute Gasteiger partial charge is 0.219 e. The molecule has 0 saturated carbocycles. The quantitative estimate of drug-likeness (QED) is 0.765. The number of nitrogens with two attached hydrogens (primary N) is 1. The maximum Gasteiger partial charge on any atom is 0.219 e. The molecule has 3 N–H and O–H groups in total. The molecule has 0 unspecified atom stereocenters. The van der Waals surface area contributed by atoms with Crippen molar-refractivity contribution in [1.82, 2.24) is 0 Å². The normalized spacial score (nSPS) is 9.86. The Labute approximate surface area is 82.1 Å². The van der Waals surface area contributed by atoms with Crippen LogP contribution in [0.15, 0.2) is 18.2 Å². The van der Waals surface area contributed by atoms with Crippen molar-refractivity contribution < 1.29 is 9.18 Å². The van der Waals surface area contributed by atoms with Gasteiger partial charge in [0.15, 0.2) is 0 Å². The fraction of sp³-hybridized carbons (Fsp3) is 0.300. The molecule has 0 bridgehead atoms. The molecule has 1 rings (SSSR count). The Kier molecular flexibility index (Phi) is 3.45. The van der Waals surface area contributed by atoms with E-state index < -0.39 is 5.91 Å². The SMILES string of the molecule is Cc1ccc(NCCC(N)=O)c(F)c1. The number of aryl methyl sites for hydroxylation is 1. The summed E-state index contributed by atoms with van der Waals surface area (Å²) in [6.07, 6.45) is 0.202. The molecule has 1 aromatic rings. The van der Waals surface area contributed by atoms with Gasteiger partial charge in [0.1, 0.15) is 5.82 Å². The van der Waals surface area contributed by atoms with Crippen molar-refractivity contribution in [3.05, 3.63) is 29.6 Å². The zero-order chi connectivity index (χ0) is 10.6. The van der Waals surface area contributed by atoms with Gasteiger partial charge in [-0.2, -0.15) is 0 Å². The van der Waals surface area contributed by atoms with Gasteiger partial charge in [-0.25, -0.2) is 4.39 Å². The third-order valence-corrected chi connectivity index (χ3v) is 1.81. The number of rotatable bonds is 4. The Morgan fingerprint density at radius 2 is 2.29 bits per heavy atom. The molecular formula is C10H13FN2O. The molecule has 3 nitrogen and oxygen atoms in total. The van der Waals surface area contributed by atoms with Crippen LogP contribution in [-0.2, 0) is 4.79 Å². The fourth-order valence-electron chi connectivity index (χ4n) is 1.08. The maximum absolute atomic E-state index is 13.2. The number of primary amides is 1. The number of carbonyl (C=O) groups is 1. The monoisotopic (exact) mass is 196 g/mol. The van der Waals surface area contributed by atoms with Gasteiger partial charge in [0, 0.05) is 13.0 Å². The lowest BCUT2D eigenvalue weighted by atomic mass is 10.2. The number of amides is 1. The molecule has 4 heteroatoms. The van der Waals surface area contributed by atoms with E-state index in [9.17, 15) is 9.18 Å². The van der Waals surface area contributed by atoms with Gasteiger partial charge < -0.3 is 11.1 Å². The number of hydrogen-bond donors (Lipinski definition) is 2. The van der Waals surface area contributed by atoms with E-state index in [1.165, 1.54) is 6.07 Å². The molecule has 0 saturated heterocycles. The minimum absolute atomic E-state index is 0.202. The van der Waals surface area contributed by atoms with Crippen LogP contribution in [0.2, 0.25) is 0 Å². The summed E-state index contributed by atoms with van der Waals surface area (Å²) in [7, 11) is 0. The van der Waals surface area contributed by atoms with Gasteiger partial charge in [-0.15, -0.1) is 0 Å². The van der Waals surface area contributed by atoms with Crippen molar-refractivity contribution in [2.45, 2.75) is 13.3 Å². The molecule has 0 aliphatic heterocycles. The lowest BCUT2D eigenvalue weighted by Gasteiger charge is -2.06. The van der Waals surface area contributed by atoms with E-state index >= 15 is 0 Å². The lowest BCUT2D eigenvalue weighted by molar-refractivity contribution is -0.117. The van der Waals surface area contributed by atoms with Crippen molar-refractivity contribution in [2.75, 3.05) is 11.9 Å². The molecule has 0 aliphatic rings. The van der Waals surface area contributed by atoms with Crippen molar-refractivity contribution in [3.8, 4) is 0 Å². The number of benzene rings is 1. The summed E-state index contributed by atoms with van der Waals surface area (Å²) in [6.45, 7) is 2.17. The lowest BCUT2D eigenvalue weighted by Crippen LogP contribution is -2.16. The molecular weight excluding hydrogens is 183 g/mol. The molecule has 0 aromatic heterocycles. The summed E-state index contributed by atoms with van der Waals surface area (Å²) >= 11 is 0. The topological polar surface area (TPSA) is 55.1 Å². The summed E-state index contributed by atoms with van der Waals surface area (Å²) in [5, 5.41) is 2.80. The summed E-state index contributed by atoms with van der Waals surface area (Å²) in [5.41, 5.74) is 6.21. The highest BCUT2D eigenvalue weighted by atomic mass is 19.1. The van der Waals surface area contributed by atoms with Gasteiger partial charge in [-0.1, -0.05) is 6.07 Å². The standard InChI is InChI=1S/C10H13FN2O/c1-7-2-3-9(8(11)6-7)13-5-4-10(12)14/h2-3,6,13H,4-5H2,1H3,(H2,12,14). The fourth-order valence-corrected chi connectivity index (χ4v) is 1.08. The first-order valence-corrected chi connectivity index (χ1v) is 4.38. The zero-order valence-electron chi connectivity index (χ0n) is 8.01. The van der Waals surface area contributed by atoms with E-state index in [1.807, 2.05) is 6.92 Å². The van der Waals surface area contributed by atoms with Crippen LogP contribution >= 0.6 is 0 Å². The van der Waals surface area contributed by atoms with Gasteiger partial charge in [0.2, 0.25) is 5.91 Å². The van der Waals surface area contributed by atoms with Crippen LogP contribution in [0.4, 0.5) is 10.1 Å². The molecule has 0 fully saturated rings. The third-order valence-electron chi connectivity index (χ3n) is 1.81. The first-order valence-electron chi connectivity index (χ1n) is 4.38. The predicted octanol–water partition coefficient (Wildman–Crippen LogP) is 1.42. The van der Waals surface area contributed by atoms with Crippen LogP contribution in [0.25, 0.3) is 0 Å². The number of nitrogens with one attached hydrogen (secondary N) is 1. The highest BCUT2D eigenvalue weighted by molar-refractivity contribution is 5.74. The van der Waals surface area contributed by atoms with Crippen molar-refractivity contribution >= 4 is 11.6 Å². The second-order valence-electron chi connectivity index (χ2n) is 3.13. The summed E-state index contributed by atoms with van der Waals surface area (Å²) in [6, 6.07) is 4.88. The van der Waals surface area contributed by atoms with Gasteiger partial charge in [0.05, 0.1) is 5.69 Å². The first kappa shape index (κ1) is 10.5. The van der Waals surface area contributed by atoms with E-state index in [-0.39, 0.29) is 12.2 Å². The predicted molar refractivity (Wildman–Crippen MR) is 53.4 cm³/mol. The number of hydrogen-bond acceptors (Lipinski definition) is 2. The number of carbonyl (C=O) groups excluding carboxylic acids is 1. The van der Waals surface area contributed by atoms with Gasteiger partial charge in [0.25, 0.3) is 0 Å². The Balaban J connectivity index is 2.55. The van der Waals surface area contributed by atoms with Crippen LogP contribution < -0.4 is 11.1 Å². The Bertz CT molecular complexity index is 339. The molecule has 0 radical (unpaired) electrons. The van der Waals surface area contributed by atoms with Gasteiger partial charge >= 0.3 is 0 Å². The Hall–Kier alpha value is -1.58. The van der Waals surface area contributed by atoms with Crippen molar-refractivity contribution in [2.24, 2.45) is 5.73 Å². The number of anilines is 1. The van der Waals surface area contributed by atoms with Gasteiger partial charge in [-0.3, -0.25) is 4.79 Å². The second kappa shape index (κ2) is 4.60. The third kappa shape index (κ3) is 3.05. The van der Waals surface area contributed by atoms with E-state index in [1.54, 1.807) is 12.1 Å². The van der Waals surface area contributed by atoms with Crippen LogP contribution in [0.3, 0.4) is 0 Å². The average molecular weight is 196 g/mol. The molecule has 1 aromatic carbocycles. The molecule has 1 amide bonds. The van der Waals surface area contributed by atoms with Gasteiger partial charge in [-0.05, 0) is 24.6 Å². The zero-order valence-corrected chi connectivity index (χ0v) is 8.01.